The zero-order valence-electron chi connectivity index (χ0n) is 15.7. The number of nitrogens with zero attached hydrogens (tertiary/aromatic N) is 2. The molecule has 3 aromatic rings. The first-order valence-electron chi connectivity index (χ1n) is 8.96. The zero-order valence-corrected chi connectivity index (χ0v) is 16.4. The number of ether oxygens (including phenoxy) is 1. The number of nitro groups is 1. The molecule has 3 rings (SSSR count). The molecule has 0 bridgehead atoms. The normalized spacial score (nSPS) is 13.9. The van der Waals surface area contributed by atoms with Crippen molar-refractivity contribution in [1.82, 2.24) is 0 Å². The van der Waals surface area contributed by atoms with E-state index in [9.17, 15) is 20.5 Å². The van der Waals surface area contributed by atoms with E-state index < -0.39 is 16.6 Å². The molecule has 0 aliphatic heterocycles. The summed E-state index contributed by atoms with van der Waals surface area (Å²) in [5.41, 5.74) is -1.23. The van der Waals surface area contributed by atoms with Crippen LogP contribution in [0.2, 0.25) is 5.02 Å². The summed E-state index contributed by atoms with van der Waals surface area (Å²) in [6, 6.07) is 23.0. The predicted molar refractivity (Wildman–Crippen MR) is 114 cm³/mol. The number of hydrogen-bond donors (Lipinski definition) is 1. The van der Waals surface area contributed by atoms with Crippen LogP contribution in [0, 0.1) is 21.4 Å². The number of nitriles is 1. The number of benzene rings is 3. The minimum absolute atomic E-state index is 0.157. The van der Waals surface area contributed by atoms with Crippen LogP contribution in [0.3, 0.4) is 0 Å². The molecule has 0 radical (unpaired) electrons. The lowest BCUT2D eigenvalue weighted by Gasteiger charge is -2.30. The van der Waals surface area contributed by atoms with Gasteiger partial charge in [0.1, 0.15) is 11.8 Å². The highest BCUT2D eigenvalue weighted by atomic mass is 35.5. The van der Waals surface area contributed by atoms with Gasteiger partial charge >= 0.3 is 0 Å². The summed E-state index contributed by atoms with van der Waals surface area (Å²) >= 11 is 5.89. The summed E-state index contributed by atoms with van der Waals surface area (Å²) in [4.78, 5) is 10.7. The van der Waals surface area contributed by atoms with Crippen molar-refractivity contribution in [2.24, 2.45) is 0 Å². The minimum atomic E-state index is -1.96. The van der Waals surface area contributed by atoms with Gasteiger partial charge in [0.15, 0.2) is 5.60 Å². The number of aliphatic hydroxyl groups is 1. The van der Waals surface area contributed by atoms with Crippen molar-refractivity contribution in [3.8, 4) is 11.8 Å². The Morgan fingerprint density at radius 2 is 1.80 bits per heavy atom. The molecule has 0 aliphatic rings. The van der Waals surface area contributed by atoms with Crippen molar-refractivity contribution in [2.75, 3.05) is 0 Å². The van der Waals surface area contributed by atoms with E-state index in [0.717, 1.165) is 5.56 Å². The van der Waals surface area contributed by atoms with Crippen molar-refractivity contribution < 1.29 is 14.8 Å². The molecule has 0 saturated heterocycles. The third kappa shape index (κ3) is 4.84. The first kappa shape index (κ1) is 21.1. The van der Waals surface area contributed by atoms with E-state index >= 15 is 0 Å². The van der Waals surface area contributed by atoms with Crippen LogP contribution in [0.15, 0.2) is 84.9 Å². The van der Waals surface area contributed by atoms with Crippen LogP contribution in [0.1, 0.15) is 11.1 Å². The van der Waals surface area contributed by atoms with E-state index in [0.29, 0.717) is 10.8 Å². The molecule has 2 unspecified atom stereocenters. The van der Waals surface area contributed by atoms with Gasteiger partial charge in [-0.3, -0.25) is 10.1 Å². The Kier molecular flexibility index (Phi) is 6.48. The van der Waals surface area contributed by atoms with Gasteiger partial charge in [-0.25, -0.2) is 0 Å². The topological polar surface area (TPSA) is 96.4 Å². The van der Waals surface area contributed by atoms with E-state index in [1.165, 1.54) is 30.3 Å². The molecule has 0 fully saturated rings. The molecule has 2 atom stereocenters. The van der Waals surface area contributed by atoms with Crippen molar-refractivity contribution in [3.05, 3.63) is 111 Å². The number of hydrogen-bond acceptors (Lipinski definition) is 5. The maximum Gasteiger partial charge on any atom is 0.269 e. The predicted octanol–water partition coefficient (Wildman–Crippen LogP) is 5.12. The lowest BCUT2D eigenvalue weighted by Crippen LogP contribution is -2.41. The minimum Gasteiger partial charge on any atom is -0.472 e. The van der Waals surface area contributed by atoms with Crippen LogP contribution in [-0.4, -0.2) is 16.1 Å². The molecule has 0 amide bonds. The second kappa shape index (κ2) is 9.23. The Bertz CT molecular complexity index is 1090. The summed E-state index contributed by atoms with van der Waals surface area (Å²) in [6.07, 6.45) is 1.65. The molecule has 0 aliphatic carbocycles. The lowest BCUT2D eigenvalue weighted by atomic mass is 9.87. The number of non-ortho nitro benzene ring substituents is 1. The van der Waals surface area contributed by atoms with Gasteiger partial charge in [-0.2, -0.15) is 5.26 Å². The zero-order chi connectivity index (χ0) is 21.6. The van der Waals surface area contributed by atoms with E-state index in [1.54, 1.807) is 30.3 Å². The smallest absolute Gasteiger partial charge is 0.269 e. The first-order valence-corrected chi connectivity index (χ1v) is 9.33. The molecule has 7 heteroatoms. The number of halogens is 1. The van der Waals surface area contributed by atoms with Crippen LogP contribution in [0.5, 0.6) is 5.75 Å². The van der Waals surface area contributed by atoms with Crippen LogP contribution in [0.25, 0.3) is 6.08 Å². The summed E-state index contributed by atoms with van der Waals surface area (Å²) < 4.78 is 5.74. The summed E-state index contributed by atoms with van der Waals surface area (Å²) in [5.74, 6) is 0.322. The molecule has 3 aromatic carbocycles. The number of nitro benzene ring substituents is 1. The fraction of sp³-hybridized carbons (Fsp3) is 0.0870. The molecule has 0 spiro atoms. The van der Waals surface area contributed by atoms with Crippen LogP contribution in [-0.2, 0) is 5.60 Å². The molecule has 150 valence electrons. The lowest BCUT2D eigenvalue weighted by molar-refractivity contribution is -0.385. The van der Waals surface area contributed by atoms with Gasteiger partial charge in [-0.15, -0.1) is 0 Å². The van der Waals surface area contributed by atoms with E-state index in [1.807, 2.05) is 36.4 Å². The second-order valence-corrected chi connectivity index (χ2v) is 6.89. The summed E-state index contributed by atoms with van der Waals surface area (Å²) in [7, 11) is 0. The maximum absolute atomic E-state index is 11.5. The van der Waals surface area contributed by atoms with Gasteiger partial charge in [0, 0.05) is 17.2 Å². The maximum atomic E-state index is 11.5. The van der Waals surface area contributed by atoms with Gasteiger partial charge in [0.2, 0.25) is 6.10 Å². The van der Waals surface area contributed by atoms with Gasteiger partial charge in [0.05, 0.1) is 4.92 Å². The van der Waals surface area contributed by atoms with Crippen LogP contribution < -0.4 is 4.74 Å². The van der Waals surface area contributed by atoms with Gasteiger partial charge in [0.25, 0.3) is 5.69 Å². The fourth-order valence-electron chi connectivity index (χ4n) is 2.85. The van der Waals surface area contributed by atoms with E-state index in [2.05, 4.69) is 0 Å². The molecule has 0 saturated carbocycles. The summed E-state index contributed by atoms with van der Waals surface area (Å²) in [5, 5.41) is 33.0. The molecular formula is C23H17ClN2O4. The Morgan fingerprint density at radius 3 is 2.43 bits per heavy atom. The quantitative estimate of drug-likeness (QED) is 0.422. The highest BCUT2D eigenvalue weighted by Crippen LogP contribution is 2.33. The van der Waals surface area contributed by atoms with E-state index in [-0.39, 0.29) is 11.3 Å². The third-order valence-corrected chi connectivity index (χ3v) is 4.69. The highest BCUT2D eigenvalue weighted by Gasteiger charge is 2.39. The fourth-order valence-corrected chi connectivity index (χ4v) is 2.98. The Hall–Kier alpha value is -3.66. The summed E-state index contributed by atoms with van der Waals surface area (Å²) in [6.45, 7) is 0. The largest absolute Gasteiger partial charge is 0.472 e. The Balaban J connectivity index is 2.06. The van der Waals surface area contributed by atoms with Gasteiger partial charge in [-0.1, -0.05) is 60.1 Å². The average molecular weight is 421 g/mol. The second-order valence-electron chi connectivity index (χ2n) is 6.46. The monoisotopic (exact) mass is 420 g/mol. The third-order valence-electron chi connectivity index (χ3n) is 4.43. The Labute approximate surface area is 178 Å². The van der Waals surface area contributed by atoms with Crippen molar-refractivity contribution >= 4 is 23.4 Å². The van der Waals surface area contributed by atoms with Crippen molar-refractivity contribution in [2.45, 2.75) is 11.7 Å². The molecule has 1 N–H and O–H groups in total. The average Bonchev–Trinajstić information content (AvgIpc) is 2.78. The standard InChI is InChI=1S/C23H17ClN2O4/c24-19-9-11-21(12-10-19)30-22(16-25)23(27,14-13-17-5-2-1-3-6-17)18-7-4-8-20(15-18)26(28)29/h1-15,22,27H/b14-13+. The number of rotatable bonds is 7. The molecule has 6 nitrogen and oxygen atoms in total. The van der Waals surface area contributed by atoms with Crippen molar-refractivity contribution in [1.29, 1.82) is 5.26 Å². The Morgan fingerprint density at radius 1 is 1.10 bits per heavy atom. The highest BCUT2D eigenvalue weighted by molar-refractivity contribution is 6.30. The first-order chi connectivity index (χ1) is 14.4. The van der Waals surface area contributed by atoms with Crippen molar-refractivity contribution in [3.63, 3.8) is 0 Å². The van der Waals surface area contributed by atoms with E-state index in [4.69, 9.17) is 16.3 Å². The van der Waals surface area contributed by atoms with Gasteiger partial charge < -0.3 is 9.84 Å². The molecule has 0 aromatic heterocycles. The SMILES string of the molecule is N#CC(Oc1ccc(Cl)cc1)C(O)(/C=C/c1ccccc1)c1cccc([N+](=O)[O-])c1. The molecule has 0 heterocycles. The van der Waals surface area contributed by atoms with Gasteiger partial charge in [-0.05, 0) is 41.5 Å². The molecular weight excluding hydrogens is 404 g/mol. The van der Waals surface area contributed by atoms with Crippen LogP contribution >= 0.6 is 11.6 Å². The molecule has 30 heavy (non-hydrogen) atoms. The van der Waals surface area contributed by atoms with Crippen LogP contribution in [0.4, 0.5) is 5.69 Å².